The zero-order valence-electron chi connectivity index (χ0n) is 16.0. The Balaban J connectivity index is 1.32. The lowest BCUT2D eigenvalue weighted by atomic mass is 10.2. The SMILES string of the molecule is CCc1cc2c(N3CCN(C(=O)CCOc4ccccc4)CC3)ncnc2s1. The van der Waals surface area contributed by atoms with E-state index in [1.54, 1.807) is 17.7 Å². The van der Waals surface area contributed by atoms with Crippen molar-refractivity contribution in [2.24, 2.45) is 0 Å². The van der Waals surface area contributed by atoms with Crippen molar-refractivity contribution in [2.45, 2.75) is 19.8 Å². The number of carbonyl (C=O) groups is 1. The average Bonchev–Trinajstić information content (AvgIpc) is 3.18. The van der Waals surface area contributed by atoms with Gasteiger partial charge in [0.1, 0.15) is 22.7 Å². The van der Waals surface area contributed by atoms with E-state index in [9.17, 15) is 4.79 Å². The number of nitrogens with zero attached hydrogens (tertiary/aromatic N) is 4. The minimum Gasteiger partial charge on any atom is -0.493 e. The van der Waals surface area contributed by atoms with Crippen LogP contribution in [0.2, 0.25) is 0 Å². The summed E-state index contributed by atoms with van der Waals surface area (Å²) in [6.45, 7) is 5.55. The number of rotatable bonds is 6. The minimum atomic E-state index is 0.146. The number of aromatic nitrogens is 2. The number of carbonyl (C=O) groups excluding carboxylic acids is 1. The van der Waals surface area contributed by atoms with E-state index in [0.29, 0.717) is 26.1 Å². The molecule has 1 amide bonds. The van der Waals surface area contributed by atoms with Crippen molar-refractivity contribution >= 4 is 33.3 Å². The molecule has 0 N–H and O–H groups in total. The van der Waals surface area contributed by atoms with Gasteiger partial charge in [-0.2, -0.15) is 0 Å². The summed E-state index contributed by atoms with van der Waals surface area (Å²) in [6.07, 6.45) is 3.05. The van der Waals surface area contributed by atoms with Crippen LogP contribution in [0.15, 0.2) is 42.7 Å². The molecule has 1 aliphatic heterocycles. The van der Waals surface area contributed by atoms with Crippen LogP contribution in [0, 0.1) is 0 Å². The Bertz CT molecular complexity index is 936. The van der Waals surface area contributed by atoms with E-state index in [1.165, 1.54) is 4.88 Å². The monoisotopic (exact) mass is 396 g/mol. The average molecular weight is 397 g/mol. The molecule has 6 nitrogen and oxygen atoms in total. The number of benzene rings is 1. The van der Waals surface area contributed by atoms with Gasteiger partial charge in [-0.05, 0) is 24.6 Å². The first-order valence-electron chi connectivity index (χ1n) is 9.68. The topological polar surface area (TPSA) is 58.6 Å². The van der Waals surface area contributed by atoms with Crippen molar-refractivity contribution in [3.63, 3.8) is 0 Å². The number of hydrogen-bond acceptors (Lipinski definition) is 6. The van der Waals surface area contributed by atoms with Crippen molar-refractivity contribution in [3.8, 4) is 5.75 Å². The summed E-state index contributed by atoms with van der Waals surface area (Å²) in [7, 11) is 0. The van der Waals surface area contributed by atoms with Gasteiger partial charge < -0.3 is 14.5 Å². The number of amides is 1. The normalized spacial score (nSPS) is 14.5. The largest absolute Gasteiger partial charge is 0.493 e. The predicted molar refractivity (Wildman–Crippen MR) is 112 cm³/mol. The van der Waals surface area contributed by atoms with Gasteiger partial charge in [0.05, 0.1) is 18.4 Å². The lowest BCUT2D eigenvalue weighted by Crippen LogP contribution is -2.49. The highest BCUT2D eigenvalue weighted by Crippen LogP contribution is 2.30. The van der Waals surface area contributed by atoms with Crippen LogP contribution in [0.5, 0.6) is 5.75 Å². The van der Waals surface area contributed by atoms with Crippen molar-refractivity contribution in [1.82, 2.24) is 14.9 Å². The Kier molecular flexibility index (Phi) is 5.71. The van der Waals surface area contributed by atoms with Gasteiger partial charge >= 0.3 is 0 Å². The van der Waals surface area contributed by atoms with Crippen LogP contribution in [-0.4, -0.2) is 53.6 Å². The number of anilines is 1. The number of aryl methyl sites for hydroxylation is 1. The predicted octanol–water partition coefficient (Wildman–Crippen LogP) is 3.37. The molecule has 1 fully saturated rings. The molecule has 0 aliphatic carbocycles. The molecular formula is C21H24N4O2S. The molecule has 7 heteroatoms. The van der Waals surface area contributed by atoms with Crippen LogP contribution in [-0.2, 0) is 11.2 Å². The van der Waals surface area contributed by atoms with Gasteiger partial charge in [-0.15, -0.1) is 11.3 Å². The van der Waals surface area contributed by atoms with Gasteiger partial charge in [-0.1, -0.05) is 25.1 Å². The molecule has 2 aromatic heterocycles. The molecule has 3 heterocycles. The summed E-state index contributed by atoms with van der Waals surface area (Å²) >= 11 is 1.73. The molecule has 1 aliphatic rings. The third-order valence-corrected chi connectivity index (χ3v) is 6.16. The first kappa shape index (κ1) is 18.7. The van der Waals surface area contributed by atoms with Crippen molar-refractivity contribution < 1.29 is 9.53 Å². The van der Waals surface area contributed by atoms with E-state index in [2.05, 4.69) is 27.9 Å². The molecule has 1 saturated heterocycles. The fourth-order valence-corrected chi connectivity index (χ4v) is 4.35. The van der Waals surface area contributed by atoms with Crippen LogP contribution in [0.4, 0.5) is 5.82 Å². The molecule has 1 aromatic carbocycles. The summed E-state index contributed by atoms with van der Waals surface area (Å²) in [5, 5.41) is 1.13. The zero-order valence-corrected chi connectivity index (χ0v) is 16.8. The molecule has 28 heavy (non-hydrogen) atoms. The quantitative estimate of drug-likeness (QED) is 0.639. The number of ether oxygens (including phenoxy) is 1. The van der Waals surface area contributed by atoms with Crippen LogP contribution in [0.25, 0.3) is 10.2 Å². The van der Waals surface area contributed by atoms with E-state index in [4.69, 9.17) is 4.74 Å². The lowest BCUT2D eigenvalue weighted by Gasteiger charge is -2.35. The van der Waals surface area contributed by atoms with Crippen molar-refractivity contribution in [3.05, 3.63) is 47.6 Å². The number of fused-ring (bicyclic) bond motifs is 1. The molecule has 0 atom stereocenters. The highest BCUT2D eigenvalue weighted by atomic mass is 32.1. The highest BCUT2D eigenvalue weighted by Gasteiger charge is 2.23. The zero-order chi connectivity index (χ0) is 19.3. The Morgan fingerprint density at radius 2 is 1.93 bits per heavy atom. The summed E-state index contributed by atoms with van der Waals surface area (Å²) < 4.78 is 5.65. The Labute approximate surface area is 168 Å². The first-order valence-corrected chi connectivity index (χ1v) is 10.5. The van der Waals surface area contributed by atoms with Gasteiger partial charge in [0.2, 0.25) is 5.91 Å². The fourth-order valence-electron chi connectivity index (χ4n) is 3.42. The molecule has 4 rings (SSSR count). The van der Waals surface area contributed by atoms with E-state index in [-0.39, 0.29) is 5.91 Å². The number of para-hydroxylation sites is 1. The van der Waals surface area contributed by atoms with Gasteiger partial charge in [-0.3, -0.25) is 4.79 Å². The first-order chi connectivity index (χ1) is 13.7. The van der Waals surface area contributed by atoms with Gasteiger partial charge in [-0.25, -0.2) is 9.97 Å². The molecule has 0 bridgehead atoms. The fraction of sp³-hybridized carbons (Fsp3) is 0.381. The molecule has 0 radical (unpaired) electrons. The Morgan fingerprint density at radius 1 is 1.14 bits per heavy atom. The third kappa shape index (κ3) is 4.09. The van der Waals surface area contributed by atoms with E-state index in [1.807, 2.05) is 35.2 Å². The highest BCUT2D eigenvalue weighted by molar-refractivity contribution is 7.18. The summed E-state index contributed by atoms with van der Waals surface area (Å²) in [6, 6.07) is 11.8. The second-order valence-corrected chi connectivity index (χ2v) is 7.88. The summed E-state index contributed by atoms with van der Waals surface area (Å²) in [5.74, 6) is 1.93. The minimum absolute atomic E-state index is 0.146. The Hall–Kier alpha value is -2.67. The van der Waals surface area contributed by atoms with Gasteiger partial charge in [0.15, 0.2) is 0 Å². The number of hydrogen-bond donors (Lipinski definition) is 0. The van der Waals surface area contributed by atoms with Gasteiger partial charge in [0, 0.05) is 31.1 Å². The van der Waals surface area contributed by atoms with Crippen LogP contribution < -0.4 is 9.64 Å². The second-order valence-electron chi connectivity index (χ2n) is 6.76. The summed E-state index contributed by atoms with van der Waals surface area (Å²) in [5.41, 5.74) is 0. The maximum absolute atomic E-state index is 12.5. The number of piperazine rings is 1. The molecular weight excluding hydrogens is 372 g/mol. The summed E-state index contributed by atoms with van der Waals surface area (Å²) in [4.78, 5) is 28.0. The maximum Gasteiger partial charge on any atom is 0.226 e. The smallest absolute Gasteiger partial charge is 0.226 e. The standard InChI is InChI=1S/C21H24N4O2S/c1-2-17-14-18-20(22-15-23-21(18)28-17)25-11-9-24(10-12-25)19(26)8-13-27-16-6-4-3-5-7-16/h3-7,14-15H,2,8-13H2,1H3. The maximum atomic E-state index is 12.5. The third-order valence-electron chi connectivity index (χ3n) is 4.97. The van der Waals surface area contributed by atoms with Crippen LogP contribution >= 0.6 is 11.3 Å². The lowest BCUT2D eigenvalue weighted by molar-refractivity contribution is -0.132. The van der Waals surface area contributed by atoms with E-state index in [0.717, 1.165) is 41.3 Å². The van der Waals surface area contributed by atoms with Crippen LogP contribution in [0.3, 0.4) is 0 Å². The van der Waals surface area contributed by atoms with E-state index >= 15 is 0 Å². The molecule has 146 valence electrons. The molecule has 0 unspecified atom stereocenters. The van der Waals surface area contributed by atoms with Crippen LogP contribution in [0.1, 0.15) is 18.2 Å². The molecule has 0 saturated carbocycles. The molecule has 0 spiro atoms. The number of thiophene rings is 1. The Morgan fingerprint density at radius 3 is 2.68 bits per heavy atom. The van der Waals surface area contributed by atoms with Crippen molar-refractivity contribution in [2.75, 3.05) is 37.7 Å². The second kappa shape index (κ2) is 8.56. The van der Waals surface area contributed by atoms with Crippen molar-refractivity contribution in [1.29, 1.82) is 0 Å². The van der Waals surface area contributed by atoms with Gasteiger partial charge in [0.25, 0.3) is 0 Å². The van der Waals surface area contributed by atoms with E-state index < -0.39 is 0 Å². The molecule has 3 aromatic rings.